The molecule has 0 aromatic carbocycles. The van der Waals surface area contributed by atoms with Gasteiger partial charge in [-0.15, -0.1) is 46.2 Å². The number of hydrogen-bond acceptors (Lipinski definition) is 18. The normalized spacial score (nSPS) is 16.4. The highest BCUT2D eigenvalue weighted by Gasteiger charge is 2.43. The Labute approximate surface area is 536 Å². The maximum Gasteiger partial charge on any atom is 0.312 e. The van der Waals surface area contributed by atoms with Gasteiger partial charge in [0, 0.05) is 97.2 Å². The molecule has 18 nitrogen and oxygen atoms in total. The second-order valence-electron chi connectivity index (χ2n) is 23.2. The van der Waals surface area contributed by atoms with E-state index in [2.05, 4.69) is 65.1 Å². The molecule has 8 aromatic rings. The Morgan fingerprint density at radius 1 is 0.517 bits per heavy atom. The first-order valence-corrected chi connectivity index (χ1v) is 34.9. The number of carboxylic acid groups (broad SMARTS) is 1. The number of pyridine rings is 6. The Balaban J connectivity index is 0.000000160. The van der Waals surface area contributed by atoms with E-state index in [1.807, 2.05) is 67.7 Å². The molecule has 0 radical (unpaired) electrons. The number of aromatic nitrogens is 6. The van der Waals surface area contributed by atoms with Gasteiger partial charge in [0.05, 0.1) is 73.0 Å². The highest BCUT2D eigenvalue weighted by Crippen LogP contribution is 2.40. The summed E-state index contributed by atoms with van der Waals surface area (Å²) in [5.41, 5.74) is 0.783. The van der Waals surface area contributed by atoms with Gasteiger partial charge in [0.1, 0.15) is 0 Å². The van der Waals surface area contributed by atoms with Crippen LogP contribution in [0.25, 0.3) is 32.7 Å². The van der Waals surface area contributed by atoms with Gasteiger partial charge < -0.3 is 43.4 Å². The van der Waals surface area contributed by atoms with Gasteiger partial charge in [-0.05, 0) is 189 Å². The lowest BCUT2D eigenvalue weighted by molar-refractivity contribution is -0.159. The standard InChI is InChI=1S/C25H31N3O3S2.C23H27N3O3S2.C19H25N3O3/c1-2-31-24(30)25(10-14-27(15-11-25)16-18-33-23-5-3-17-32-23)9-4-13-28-21-19-26-12-8-20(21)6-7-22(28)29;27-20-5-4-18-6-10-24-17-19(18)26(20)11-2-7-23(22(28)29)8-12-25(13-9-23)14-16-31-21-3-1-15-30-21;1-2-25-18(24)19(8-11-20-12-9-19)7-3-13-22-16-14-21-10-6-15(16)4-5-17(22)23/h3,5-8,12,17,19H,2,4,9-11,13-16,18H2,1H3;1,3-6,10,15,17H,2,7-9,11-14,16H2,(H,28,29);4-6,10,14,20H,2-3,7-9,11-13H2,1H3. The van der Waals surface area contributed by atoms with E-state index in [9.17, 15) is 33.9 Å². The SMILES string of the molecule is CCOC(=O)C1(CCCn2c(=O)ccc3ccncc32)CCN(CCSc2cccs2)CC1.CCOC(=O)C1(CCCn2c(=O)ccc3ccncc32)CCNCC1.O=C(O)C1(CCCn2c(=O)ccc3ccncc32)CCN(CCSc2cccs2)CC1. The summed E-state index contributed by atoms with van der Waals surface area (Å²) in [5, 5.41) is 20.5. The van der Waals surface area contributed by atoms with Crippen molar-refractivity contribution in [1.82, 2.24) is 43.8 Å². The van der Waals surface area contributed by atoms with Crippen molar-refractivity contribution in [3.63, 3.8) is 0 Å². The number of nitrogens with zero attached hydrogens (tertiary/aromatic N) is 8. The molecule has 0 atom stereocenters. The molecule has 2 N–H and O–H groups in total. The molecule has 0 unspecified atom stereocenters. The van der Waals surface area contributed by atoms with Crippen LogP contribution in [0.3, 0.4) is 0 Å². The number of carbonyl (C=O) groups excluding carboxylic acids is 2. The van der Waals surface area contributed by atoms with Crippen LogP contribution in [0.15, 0.2) is 150 Å². The van der Waals surface area contributed by atoms with Gasteiger partial charge in [0.2, 0.25) is 0 Å². The van der Waals surface area contributed by atoms with Crippen molar-refractivity contribution in [3.05, 3.63) is 158 Å². The summed E-state index contributed by atoms with van der Waals surface area (Å²) in [5.74, 6) is 1.21. The molecule has 0 amide bonds. The van der Waals surface area contributed by atoms with Crippen molar-refractivity contribution >= 4 is 96.8 Å². The van der Waals surface area contributed by atoms with Gasteiger partial charge >= 0.3 is 17.9 Å². The number of hydrogen-bond donors (Lipinski definition) is 2. The summed E-state index contributed by atoms with van der Waals surface area (Å²) in [6, 6.07) is 24.4. The Morgan fingerprint density at radius 3 is 1.25 bits per heavy atom. The summed E-state index contributed by atoms with van der Waals surface area (Å²) < 4.78 is 18.8. The lowest BCUT2D eigenvalue weighted by Crippen LogP contribution is -2.46. The Hall–Kier alpha value is -6.53. The molecule has 11 heterocycles. The fraction of sp³-hybridized carbons (Fsp3) is 0.478. The topological polar surface area (TPSA) is 213 Å². The number of likely N-dealkylation sites (tertiary alicyclic amines) is 2. The maximum absolute atomic E-state index is 13.0. The van der Waals surface area contributed by atoms with Gasteiger partial charge in [-0.3, -0.25) is 43.7 Å². The van der Waals surface area contributed by atoms with Crippen molar-refractivity contribution in [2.45, 2.75) is 119 Å². The zero-order valence-electron chi connectivity index (χ0n) is 51.1. The number of piperidine rings is 3. The first-order chi connectivity index (χ1) is 43.3. The molecule has 8 aromatic heterocycles. The van der Waals surface area contributed by atoms with Gasteiger partial charge in [-0.25, -0.2) is 0 Å². The molecule has 3 aliphatic rings. The number of ether oxygens (including phenoxy) is 2. The number of aryl methyl sites for hydroxylation is 3. The fourth-order valence-corrected chi connectivity index (χ4v) is 16.4. The average molecular weight is 1290 g/mol. The zero-order valence-corrected chi connectivity index (χ0v) is 54.4. The second kappa shape index (κ2) is 33.0. The third-order valence-corrected chi connectivity index (χ3v) is 22.1. The summed E-state index contributed by atoms with van der Waals surface area (Å²) in [6.07, 6.45) is 19.1. The number of thiophene rings is 2. The molecule has 3 fully saturated rings. The van der Waals surface area contributed by atoms with Crippen molar-refractivity contribution in [1.29, 1.82) is 0 Å². The monoisotopic (exact) mass is 1290 g/mol. The highest BCUT2D eigenvalue weighted by atomic mass is 32.2. The minimum atomic E-state index is -0.702. The van der Waals surface area contributed by atoms with E-state index >= 15 is 0 Å². The highest BCUT2D eigenvalue weighted by molar-refractivity contribution is 8.01. The number of aliphatic carboxylic acids is 1. The summed E-state index contributed by atoms with van der Waals surface area (Å²) >= 11 is 7.30. The zero-order chi connectivity index (χ0) is 62.5. The first kappa shape index (κ1) is 66.9. The molecule has 89 heavy (non-hydrogen) atoms. The number of fused-ring (bicyclic) bond motifs is 3. The van der Waals surface area contributed by atoms with Crippen LogP contribution in [0.5, 0.6) is 0 Å². The van der Waals surface area contributed by atoms with Crippen LogP contribution in [0, 0.1) is 16.2 Å². The molecule has 3 saturated heterocycles. The van der Waals surface area contributed by atoms with E-state index in [0.29, 0.717) is 58.5 Å². The molecule has 0 saturated carbocycles. The summed E-state index contributed by atoms with van der Waals surface area (Å²) in [6.45, 7) is 13.3. The third kappa shape index (κ3) is 17.7. The average Bonchev–Trinajstić information content (AvgIpc) is 2.12. The molecule has 0 bridgehead atoms. The predicted molar refractivity (Wildman–Crippen MR) is 357 cm³/mol. The number of carboxylic acids is 1. The van der Waals surface area contributed by atoms with E-state index in [0.717, 1.165) is 148 Å². The van der Waals surface area contributed by atoms with Crippen molar-refractivity contribution in [2.75, 3.05) is 77.1 Å². The minimum Gasteiger partial charge on any atom is -0.481 e. The quantitative estimate of drug-likeness (QED) is 0.0402. The van der Waals surface area contributed by atoms with E-state index < -0.39 is 22.2 Å². The number of rotatable bonds is 25. The third-order valence-electron chi connectivity index (χ3n) is 17.8. The van der Waals surface area contributed by atoms with Crippen LogP contribution >= 0.6 is 46.2 Å². The van der Waals surface area contributed by atoms with Crippen LogP contribution in [-0.2, 0) is 43.5 Å². The Kier molecular flexibility index (Phi) is 24.8. The molecule has 3 aliphatic heterocycles. The molecule has 0 spiro atoms. The molecule has 0 aliphatic carbocycles. The molecule has 22 heteroatoms. The van der Waals surface area contributed by atoms with Gasteiger partial charge in [-0.2, -0.15) is 0 Å². The predicted octanol–water partition coefficient (Wildman–Crippen LogP) is 11.0. The van der Waals surface area contributed by atoms with Crippen LogP contribution < -0.4 is 22.0 Å². The number of carbonyl (C=O) groups is 3. The van der Waals surface area contributed by atoms with Gasteiger partial charge in [0.25, 0.3) is 16.7 Å². The van der Waals surface area contributed by atoms with E-state index in [1.165, 1.54) is 8.42 Å². The molecule has 11 rings (SSSR count). The number of nitrogens with one attached hydrogen (secondary N) is 1. The largest absolute Gasteiger partial charge is 0.481 e. The van der Waals surface area contributed by atoms with Gasteiger partial charge in [0.15, 0.2) is 0 Å². The van der Waals surface area contributed by atoms with Crippen LogP contribution in [0.4, 0.5) is 0 Å². The second-order valence-corrected chi connectivity index (χ2v) is 27.9. The Bertz CT molecular complexity index is 3740. The van der Waals surface area contributed by atoms with Crippen LogP contribution in [0.2, 0.25) is 0 Å². The lowest BCUT2D eigenvalue weighted by Gasteiger charge is -2.40. The molecular weight excluding hydrogens is 1200 g/mol. The minimum absolute atomic E-state index is 0.0289. The van der Waals surface area contributed by atoms with Crippen LogP contribution in [-0.4, -0.2) is 139 Å². The van der Waals surface area contributed by atoms with Crippen LogP contribution in [0.1, 0.15) is 90.9 Å². The summed E-state index contributed by atoms with van der Waals surface area (Å²) in [4.78, 5) is 92.1. The smallest absolute Gasteiger partial charge is 0.312 e. The number of esters is 2. The Morgan fingerprint density at radius 2 is 0.888 bits per heavy atom. The molecular formula is C67H83N9O9S4. The first-order valence-electron chi connectivity index (χ1n) is 31.2. The van der Waals surface area contributed by atoms with E-state index in [-0.39, 0.29) is 28.6 Å². The van der Waals surface area contributed by atoms with Crippen molar-refractivity contribution < 1.29 is 29.0 Å². The molecule has 474 valence electrons. The lowest BCUT2D eigenvalue weighted by atomic mass is 9.74. The number of thioether (sulfide) groups is 2. The summed E-state index contributed by atoms with van der Waals surface area (Å²) in [7, 11) is 0. The van der Waals surface area contributed by atoms with Gasteiger partial charge in [-0.1, -0.05) is 12.1 Å². The van der Waals surface area contributed by atoms with E-state index in [4.69, 9.17) is 9.47 Å². The maximum atomic E-state index is 13.0. The van der Waals surface area contributed by atoms with Crippen molar-refractivity contribution in [3.8, 4) is 0 Å². The fourth-order valence-electron chi connectivity index (χ4n) is 12.6. The van der Waals surface area contributed by atoms with Crippen molar-refractivity contribution in [2.24, 2.45) is 16.2 Å². The van der Waals surface area contributed by atoms with E-state index in [1.54, 1.807) is 97.8 Å².